The number of halogens is 1. The number of ether oxygens (including phenoxy) is 3. The fourth-order valence-electron chi connectivity index (χ4n) is 2.12. The average molecular weight is 422 g/mol. The fourth-order valence-corrected chi connectivity index (χ4v) is 2.54. The molecule has 0 fully saturated rings. The van der Waals surface area contributed by atoms with Crippen molar-refractivity contribution in [2.45, 2.75) is 20.5 Å². The number of nitrogens with zero attached hydrogens (tertiary/aromatic N) is 3. The topological polar surface area (TPSA) is 56.2 Å². The zero-order valence-electron chi connectivity index (χ0n) is 15.7. The highest BCUT2D eigenvalue weighted by Crippen LogP contribution is 2.31. The molecular formula is C19H24BrN3O3. The van der Waals surface area contributed by atoms with E-state index in [0.29, 0.717) is 12.5 Å². The van der Waals surface area contributed by atoms with E-state index in [-0.39, 0.29) is 0 Å². The molecule has 0 bridgehead atoms. The average Bonchev–Trinajstić information content (AvgIpc) is 2.66. The minimum atomic E-state index is 0.347. The number of hydrogen-bond acceptors (Lipinski definition) is 5. The molecule has 2 rings (SSSR count). The number of aliphatic imine (C=N–C) groups is 1. The third kappa shape index (κ3) is 5.36. The van der Waals surface area contributed by atoms with Crippen LogP contribution in [0, 0.1) is 6.92 Å². The molecule has 0 N–H and O–H groups in total. The van der Waals surface area contributed by atoms with Gasteiger partial charge in [-0.2, -0.15) is 0 Å². The zero-order chi connectivity index (χ0) is 19.1. The van der Waals surface area contributed by atoms with Crippen LogP contribution < -0.4 is 14.2 Å². The van der Waals surface area contributed by atoms with Crippen LogP contribution in [0.2, 0.25) is 0 Å². The van der Waals surface area contributed by atoms with Crippen LogP contribution in [0.25, 0.3) is 0 Å². The summed E-state index contributed by atoms with van der Waals surface area (Å²) in [6.07, 6.45) is 1.79. The third-order valence-corrected chi connectivity index (χ3v) is 4.36. The van der Waals surface area contributed by atoms with Crippen molar-refractivity contribution in [1.29, 1.82) is 0 Å². The lowest BCUT2D eigenvalue weighted by Crippen LogP contribution is -2.14. The van der Waals surface area contributed by atoms with Gasteiger partial charge in [-0.1, -0.05) is 0 Å². The molecule has 0 aliphatic heterocycles. The Bertz CT molecular complexity index is 759. The van der Waals surface area contributed by atoms with Gasteiger partial charge < -0.3 is 19.1 Å². The Morgan fingerprint density at radius 2 is 1.81 bits per heavy atom. The Balaban J connectivity index is 2.15. The van der Waals surface area contributed by atoms with Gasteiger partial charge in [-0.3, -0.25) is 0 Å². The summed E-state index contributed by atoms with van der Waals surface area (Å²) in [4.78, 5) is 11.0. The van der Waals surface area contributed by atoms with E-state index in [2.05, 4.69) is 32.8 Å². The molecule has 140 valence electrons. The second-order valence-corrected chi connectivity index (χ2v) is 6.56. The number of rotatable bonds is 8. The van der Waals surface area contributed by atoms with E-state index in [0.717, 1.165) is 39.5 Å². The molecule has 7 heteroatoms. The zero-order valence-corrected chi connectivity index (χ0v) is 17.3. The van der Waals surface area contributed by atoms with Gasteiger partial charge in [-0.05, 0) is 53.5 Å². The van der Waals surface area contributed by atoms with E-state index < -0.39 is 0 Å². The van der Waals surface area contributed by atoms with E-state index in [1.54, 1.807) is 20.6 Å². The Labute approximate surface area is 162 Å². The Kier molecular flexibility index (Phi) is 7.26. The summed E-state index contributed by atoms with van der Waals surface area (Å²) in [5.74, 6) is 1.96. The molecule has 0 atom stereocenters. The highest BCUT2D eigenvalue weighted by molar-refractivity contribution is 9.10. The minimum absolute atomic E-state index is 0.347. The number of pyridine rings is 1. The van der Waals surface area contributed by atoms with Crippen LogP contribution in [0.1, 0.15) is 18.2 Å². The maximum atomic E-state index is 5.87. The highest BCUT2D eigenvalue weighted by atomic mass is 79.9. The van der Waals surface area contributed by atoms with E-state index in [1.165, 1.54) is 0 Å². The predicted octanol–water partition coefficient (Wildman–Crippen LogP) is 4.36. The lowest BCUT2D eigenvalue weighted by Gasteiger charge is -2.12. The van der Waals surface area contributed by atoms with Crippen molar-refractivity contribution in [3.8, 4) is 17.4 Å². The van der Waals surface area contributed by atoms with Crippen LogP contribution >= 0.6 is 15.9 Å². The number of benzene rings is 1. The summed E-state index contributed by atoms with van der Waals surface area (Å²) < 4.78 is 17.2. The number of methoxy groups -OCH3 is 2. The van der Waals surface area contributed by atoms with Crippen LogP contribution in [0.3, 0.4) is 0 Å². The van der Waals surface area contributed by atoms with Crippen LogP contribution in [0.15, 0.2) is 33.7 Å². The van der Waals surface area contributed by atoms with Gasteiger partial charge in [0.1, 0.15) is 18.1 Å². The quantitative estimate of drug-likeness (QED) is 0.468. The second kappa shape index (κ2) is 9.43. The van der Waals surface area contributed by atoms with Crippen LogP contribution in [-0.4, -0.2) is 44.0 Å². The first-order chi connectivity index (χ1) is 12.5. The summed E-state index contributed by atoms with van der Waals surface area (Å²) in [7, 11) is 5.22. The molecule has 0 aliphatic rings. The summed E-state index contributed by atoms with van der Waals surface area (Å²) in [5.41, 5.74) is 2.53. The van der Waals surface area contributed by atoms with Crippen molar-refractivity contribution in [2.75, 3.05) is 27.8 Å². The second-order valence-electron chi connectivity index (χ2n) is 5.71. The van der Waals surface area contributed by atoms with Gasteiger partial charge in [-0.25, -0.2) is 9.98 Å². The molecule has 26 heavy (non-hydrogen) atoms. The Morgan fingerprint density at radius 1 is 1.15 bits per heavy atom. The molecule has 0 radical (unpaired) electrons. The standard InChI is InChI=1S/C19H24BrN3O3/c1-6-23(3)12-21-18-10-17(20)19(22-13(18)2)26-11-14-7-15(24-4)9-16(8-14)25-5/h7-10,12H,6,11H2,1-5H3. The molecule has 0 spiro atoms. The number of hydrogen-bond donors (Lipinski definition) is 0. The van der Waals surface area contributed by atoms with Crippen LogP contribution in [0.4, 0.5) is 5.69 Å². The predicted molar refractivity (Wildman–Crippen MR) is 107 cm³/mol. The molecule has 1 aromatic carbocycles. The SMILES string of the molecule is CCN(C)C=Nc1cc(Br)c(OCc2cc(OC)cc(OC)c2)nc1C. The highest BCUT2D eigenvalue weighted by Gasteiger charge is 2.10. The molecular weight excluding hydrogens is 398 g/mol. The van der Waals surface area contributed by atoms with Crippen molar-refractivity contribution in [3.63, 3.8) is 0 Å². The number of aromatic nitrogens is 1. The Morgan fingerprint density at radius 3 is 2.38 bits per heavy atom. The van der Waals surface area contributed by atoms with Gasteiger partial charge in [0.25, 0.3) is 0 Å². The van der Waals surface area contributed by atoms with Crippen molar-refractivity contribution < 1.29 is 14.2 Å². The van der Waals surface area contributed by atoms with Crippen LogP contribution in [-0.2, 0) is 6.61 Å². The van der Waals surface area contributed by atoms with Gasteiger partial charge >= 0.3 is 0 Å². The normalized spacial score (nSPS) is 10.8. The van der Waals surface area contributed by atoms with Crippen molar-refractivity contribution >= 4 is 28.0 Å². The fraction of sp³-hybridized carbons (Fsp3) is 0.368. The van der Waals surface area contributed by atoms with E-state index >= 15 is 0 Å². The van der Waals surface area contributed by atoms with Gasteiger partial charge in [0.15, 0.2) is 0 Å². The smallest absolute Gasteiger partial charge is 0.228 e. The molecule has 0 amide bonds. The van der Waals surface area contributed by atoms with Crippen molar-refractivity contribution in [1.82, 2.24) is 9.88 Å². The Hall–Kier alpha value is -2.28. The van der Waals surface area contributed by atoms with Crippen molar-refractivity contribution in [2.24, 2.45) is 4.99 Å². The van der Waals surface area contributed by atoms with E-state index in [9.17, 15) is 0 Å². The van der Waals surface area contributed by atoms with Crippen LogP contribution in [0.5, 0.6) is 17.4 Å². The summed E-state index contributed by atoms with van der Waals surface area (Å²) in [6, 6.07) is 7.54. The van der Waals surface area contributed by atoms with Gasteiger partial charge in [0.05, 0.1) is 36.4 Å². The molecule has 0 unspecified atom stereocenters. The van der Waals surface area contributed by atoms with E-state index in [1.807, 2.05) is 43.1 Å². The first-order valence-corrected chi connectivity index (χ1v) is 9.02. The monoisotopic (exact) mass is 421 g/mol. The molecule has 1 aromatic heterocycles. The maximum absolute atomic E-state index is 5.87. The van der Waals surface area contributed by atoms with Gasteiger partial charge in [0.2, 0.25) is 5.88 Å². The maximum Gasteiger partial charge on any atom is 0.228 e. The first-order valence-electron chi connectivity index (χ1n) is 8.23. The number of aryl methyl sites for hydroxylation is 1. The van der Waals surface area contributed by atoms with Gasteiger partial charge in [0, 0.05) is 19.7 Å². The molecule has 6 nitrogen and oxygen atoms in total. The van der Waals surface area contributed by atoms with Crippen molar-refractivity contribution in [3.05, 3.63) is 40.0 Å². The molecule has 0 saturated heterocycles. The third-order valence-electron chi connectivity index (χ3n) is 3.79. The lowest BCUT2D eigenvalue weighted by molar-refractivity contribution is 0.289. The summed E-state index contributed by atoms with van der Waals surface area (Å²) >= 11 is 3.51. The minimum Gasteiger partial charge on any atom is -0.497 e. The largest absolute Gasteiger partial charge is 0.497 e. The van der Waals surface area contributed by atoms with Gasteiger partial charge in [-0.15, -0.1) is 0 Å². The molecule has 2 aromatic rings. The van der Waals surface area contributed by atoms with E-state index in [4.69, 9.17) is 14.2 Å². The summed E-state index contributed by atoms with van der Waals surface area (Å²) in [5, 5.41) is 0. The first kappa shape index (κ1) is 20.0. The summed E-state index contributed by atoms with van der Waals surface area (Å²) in [6.45, 7) is 5.21. The lowest BCUT2D eigenvalue weighted by atomic mass is 10.2. The molecule has 0 aliphatic carbocycles. The molecule has 0 saturated carbocycles. The molecule has 1 heterocycles.